The molecule has 0 spiro atoms. The topological polar surface area (TPSA) is 81.5 Å². The predicted octanol–water partition coefficient (Wildman–Crippen LogP) is 10.3. The van der Waals surface area contributed by atoms with Crippen LogP contribution in [0.4, 0.5) is 0 Å². The van der Waals surface area contributed by atoms with Crippen LogP contribution >= 0.6 is 0 Å². The second-order valence-corrected chi connectivity index (χ2v) is 15.1. The molecule has 0 atom stereocenters. The summed E-state index contributed by atoms with van der Waals surface area (Å²) in [5.74, 6) is 0. The third-order valence-electron chi connectivity index (χ3n) is 5.97. The minimum atomic E-state index is -0.253. The summed E-state index contributed by atoms with van der Waals surface area (Å²) in [5, 5.41) is 0. The van der Waals surface area contributed by atoms with E-state index in [0.29, 0.717) is 78.9 Å². The molecule has 0 aliphatic heterocycles. The zero-order chi connectivity index (χ0) is 44.0. The van der Waals surface area contributed by atoms with Crippen LogP contribution in [0.5, 0.6) is 0 Å². The van der Waals surface area contributed by atoms with E-state index in [-0.39, 0.29) is 53.7 Å². The van der Waals surface area contributed by atoms with Crippen molar-refractivity contribution in [1.29, 1.82) is 0 Å². The normalized spacial score (nSPS) is 10.7. The summed E-state index contributed by atoms with van der Waals surface area (Å²) in [7, 11) is 0. The molecule has 13 heteroatoms. The van der Waals surface area contributed by atoms with E-state index in [4.69, 9.17) is 67.9 Å². The van der Waals surface area contributed by atoms with Gasteiger partial charge in [-0.25, -0.2) is 39.4 Å². The van der Waals surface area contributed by atoms with E-state index in [1.165, 1.54) is 0 Å². The van der Waals surface area contributed by atoms with Gasteiger partial charge in [0.2, 0.25) is 39.3 Å². The molecule has 0 bridgehead atoms. The molecule has 55 heavy (non-hydrogen) atoms. The summed E-state index contributed by atoms with van der Waals surface area (Å²) in [4.78, 5) is 19.5. The molecule has 12 nitrogen and oxygen atoms in total. The van der Waals surface area contributed by atoms with Gasteiger partial charge in [-0.2, -0.15) is 0 Å². The second-order valence-electron chi connectivity index (χ2n) is 15.1. The molecule has 0 aliphatic rings. The number of hydrogen-bond donors (Lipinski definition) is 0. The zero-order valence-corrected chi connectivity index (χ0v) is 39.9. The fourth-order valence-corrected chi connectivity index (χ4v) is 3.76. The Balaban J connectivity index is -0.000000100. The smallest absolute Gasteiger partial charge is 0.242 e. The molecule has 0 heterocycles. The van der Waals surface area contributed by atoms with E-state index >= 15 is 0 Å². The van der Waals surface area contributed by atoms with Crippen LogP contribution in [-0.2, 0) is 48.5 Å². The van der Waals surface area contributed by atoms with Gasteiger partial charge in [-0.15, -0.1) is 0 Å². The molecule has 0 aromatic heterocycles. The van der Waals surface area contributed by atoms with Gasteiger partial charge in [0.1, 0.15) is 33.6 Å². The minimum absolute atomic E-state index is 0. The Labute approximate surface area is 353 Å². The molecule has 0 aromatic rings. The van der Waals surface area contributed by atoms with Gasteiger partial charge in [0.05, 0.1) is 0 Å². The first-order chi connectivity index (χ1) is 24.7. The van der Waals surface area contributed by atoms with Crippen molar-refractivity contribution in [2.24, 2.45) is 0 Å². The Hall–Kier alpha value is -2.65. The molecule has 0 fully saturated rings. The van der Waals surface area contributed by atoms with Gasteiger partial charge >= 0.3 is 0 Å². The van der Waals surface area contributed by atoms with Gasteiger partial charge in [0, 0.05) is 59.7 Å². The summed E-state index contributed by atoms with van der Waals surface area (Å²) in [6.45, 7) is 81.0. The Morgan fingerprint density at radius 3 is 0.418 bits per heavy atom. The average molecular weight is 862 g/mol. The number of rotatable bonds is 18. The Bertz CT molecular complexity index is 915. The van der Waals surface area contributed by atoms with Gasteiger partial charge in [-0.1, -0.05) is 0 Å². The van der Waals surface area contributed by atoms with Crippen molar-refractivity contribution in [2.75, 3.05) is 78.9 Å². The van der Waals surface area contributed by atoms with E-state index in [1.807, 2.05) is 125 Å². The molecule has 0 rings (SSSR count). The summed E-state index contributed by atoms with van der Waals surface area (Å²) in [6.07, 6.45) is 0. The third kappa shape index (κ3) is 60.8. The van der Waals surface area contributed by atoms with Gasteiger partial charge in [-0.05, 0) is 125 Å². The number of hydrogen-bond acceptors (Lipinski definition) is 6. The van der Waals surface area contributed by atoms with Crippen LogP contribution in [0.25, 0.3) is 29.1 Å². The van der Waals surface area contributed by atoms with Crippen LogP contribution in [0.3, 0.4) is 0 Å². The first kappa shape index (κ1) is 67.1. The third-order valence-corrected chi connectivity index (χ3v) is 5.97. The van der Waals surface area contributed by atoms with Crippen LogP contribution in [-0.4, -0.2) is 113 Å². The summed E-state index contributed by atoms with van der Waals surface area (Å²) in [6, 6.07) is 0. The van der Waals surface area contributed by atoms with E-state index in [9.17, 15) is 0 Å². The van der Waals surface area contributed by atoms with Crippen molar-refractivity contribution in [3.8, 4) is 0 Å². The first-order valence-electron chi connectivity index (χ1n) is 18.6. The monoisotopic (exact) mass is 862 g/mol. The van der Waals surface area contributed by atoms with Gasteiger partial charge in [0.15, 0.2) is 0 Å². The molecule has 0 saturated heterocycles. The summed E-state index contributed by atoms with van der Waals surface area (Å²) >= 11 is 0. The average Bonchev–Trinajstić information content (AvgIpc) is 2.98. The van der Waals surface area contributed by atoms with Gasteiger partial charge < -0.3 is 57.5 Å². The molecule has 0 unspecified atom stereocenters. The van der Waals surface area contributed by atoms with Crippen molar-refractivity contribution in [2.45, 2.75) is 158 Å². The quantitative estimate of drug-likeness (QED) is 0.128. The molecule has 0 aromatic carbocycles. The van der Waals surface area contributed by atoms with Crippen LogP contribution < -0.4 is 0 Å². The fraction of sp³-hybridized carbons (Fsp3) is 0.857. The SMILES string of the molecule is [99Tc].[C-]#[N+]CC(C)(C)OCC.[C-]#[N+]CC(C)(C)OCC.[C-]#[N+]CC(C)(C)OCC.[C-]#[N+]CC(C)(C)OCC.[C-]#[N+]CC(C)(C)OCC.[C-]#[N+]CC(C)(C)OCC. The molecule has 0 aliphatic carbocycles. The minimum Gasteiger partial charge on any atom is -0.368 e. The van der Waals surface area contributed by atoms with Gasteiger partial charge in [0.25, 0.3) is 0 Å². The predicted molar refractivity (Wildman–Crippen MR) is 223 cm³/mol. The Morgan fingerprint density at radius 2 is 0.364 bits per heavy atom. The van der Waals surface area contributed by atoms with Crippen LogP contribution in [0.2, 0.25) is 0 Å². The molecule has 0 amide bonds. The van der Waals surface area contributed by atoms with Crippen molar-refractivity contribution in [3.63, 3.8) is 0 Å². The maximum atomic E-state index is 6.58. The Morgan fingerprint density at radius 1 is 0.273 bits per heavy atom. The molecule has 1 radical (unpaired) electrons. The molecular weight excluding hydrogens is 783 g/mol. The van der Waals surface area contributed by atoms with Crippen molar-refractivity contribution in [3.05, 3.63) is 68.5 Å². The maximum Gasteiger partial charge on any atom is 0.242 e. The summed E-state index contributed by atoms with van der Waals surface area (Å²) in [5.41, 5.74) is -1.52. The molecule has 319 valence electrons. The number of nitrogens with zero attached hydrogens (tertiary/aromatic N) is 6. The number of ether oxygens (including phenoxy) is 6. The van der Waals surface area contributed by atoms with Crippen LogP contribution in [0, 0.1) is 39.4 Å². The first-order valence-corrected chi connectivity index (χ1v) is 18.6. The molecule has 0 N–H and O–H groups in total. The van der Waals surface area contributed by atoms with E-state index in [2.05, 4.69) is 29.1 Å². The van der Waals surface area contributed by atoms with Crippen molar-refractivity contribution < 1.29 is 48.5 Å². The standard InChI is InChI=1S/6C7H13NO.Tc/c6*1-5-9-7(2,3)6-8-4;/h6*5-6H2,1-3H3;/i;;;;;;1+1. The Kier molecular flexibility index (Phi) is 48.3. The molecule has 0 saturated carbocycles. The van der Waals surface area contributed by atoms with E-state index < -0.39 is 0 Å². The van der Waals surface area contributed by atoms with Crippen molar-refractivity contribution in [1.82, 2.24) is 0 Å². The molecular formula is C42H78N6O6Tc. The largest absolute Gasteiger partial charge is 0.368 e. The maximum absolute atomic E-state index is 6.58. The van der Waals surface area contributed by atoms with Crippen LogP contribution in [0.1, 0.15) is 125 Å². The fourth-order valence-electron chi connectivity index (χ4n) is 3.76. The van der Waals surface area contributed by atoms with Gasteiger partial charge in [-0.3, -0.25) is 0 Å². The van der Waals surface area contributed by atoms with Crippen molar-refractivity contribution >= 4 is 0 Å². The zero-order valence-electron chi connectivity index (χ0n) is 38.0. The van der Waals surface area contributed by atoms with Crippen LogP contribution in [0.15, 0.2) is 0 Å². The summed E-state index contributed by atoms with van der Waals surface area (Å²) < 4.78 is 31.5. The second kappa shape index (κ2) is 39.6. The van der Waals surface area contributed by atoms with E-state index in [1.54, 1.807) is 0 Å². The van der Waals surface area contributed by atoms with E-state index in [0.717, 1.165) is 0 Å².